The first-order chi connectivity index (χ1) is 10.1. The van der Waals surface area contributed by atoms with Gasteiger partial charge in [0.05, 0.1) is 7.11 Å². The average molecular weight is 309 g/mol. The van der Waals surface area contributed by atoms with Gasteiger partial charge in [-0.1, -0.05) is 24.6 Å². The Labute approximate surface area is 132 Å². The van der Waals surface area contributed by atoms with Gasteiger partial charge in [0.25, 0.3) is 0 Å². The third kappa shape index (κ3) is 6.29. The fourth-order valence-electron chi connectivity index (χ4n) is 1.96. The van der Waals surface area contributed by atoms with Crippen molar-refractivity contribution in [3.8, 4) is 5.75 Å². The Bertz CT molecular complexity index is 463. The summed E-state index contributed by atoms with van der Waals surface area (Å²) in [4.78, 5) is 4.24. The molecule has 0 saturated carbocycles. The number of hydrogen-bond donors (Lipinski definition) is 2. The summed E-state index contributed by atoms with van der Waals surface area (Å²) < 4.78 is 5.40. The van der Waals surface area contributed by atoms with Crippen molar-refractivity contribution in [1.82, 2.24) is 10.6 Å². The molecule has 0 aliphatic rings. The molecule has 4 nitrogen and oxygen atoms in total. The lowest BCUT2D eigenvalue weighted by Crippen LogP contribution is -2.40. The molecule has 0 radical (unpaired) electrons. The Balaban J connectivity index is 2.46. The first-order valence-electron chi connectivity index (χ1n) is 7.21. The molecule has 118 valence electrons. The molecule has 0 heterocycles. The van der Waals surface area contributed by atoms with E-state index in [1.54, 1.807) is 14.2 Å². The zero-order valence-corrected chi connectivity index (χ0v) is 14.5. The largest absolute Gasteiger partial charge is 0.496 e. The van der Waals surface area contributed by atoms with Gasteiger partial charge in [-0.05, 0) is 31.2 Å². The van der Waals surface area contributed by atoms with Crippen LogP contribution in [-0.2, 0) is 6.42 Å². The molecule has 21 heavy (non-hydrogen) atoms. The van der Waals surface area contributed by atoms with Gasteiger partial charge in [-0.25, -0.2) is 0 Å². The van der Waals surface area contributed by atoms with E-state index in [1.807, 2.05) is 17.8 Å². The minimum Gasteiger partial charge on any atom is -0.496 e. The van der Waals surface area contributed by atoms with Crippen molar-refractivity contribution in [2.24, 2.45) is 4.99 Å². The predicted molar refractivity (Wildman–Crippen MR) is 93.8 cm³/mol. The van der Waals surface area contributed by atoms with Crippen molar-refractivity contribution in [2.45, 2.75) is 25.5 Å². The van der Waals surface area contributed by atoms with E-state index in [1.165, 1.54) is 11.1 Å². The number of hydrogen-bond acceptors (Lipinski definition) is 3. The van der Waals surface area contributed by atoms with E-state index in [-0.39, 0.29) is 0 Å². The maximum absolute atomic E-state index is 5.40. The molecule has 0 amide bonds. The predicted octanol–water partition coefficient (Wildman–Crippen LogP) is 2.46. The lowest BCUT2D eigenvalue weighted by molar-refractivity contribution is 0.409. The lowest BCUT2D eigenvalue weighted by Gasteiger charge is -2.15. The second-order valence-electron chi connectivity index (χ2n) is 4.99. The van der Waals surface area contributed by atoms with Crippen LogP contribution < -0.4 is 15.4 Å². The Morgan fingerprint density at radius 1 is 1.38 bits per heavy atom. The zero-order chi connectivity index (χ0) is 15.7. The number of aryl methyl sites for hydroxylation is 1. The molecule has 1 aromatic carbocycles. The summed E-state index contributed by atoms with van der Waals surface area (Å²) in [6.45, 7) is 6.03. The smallest absolute Gasteiger partial charge is 0.191 e. The summed E-state index contributed by atoms with van der Waals surface area (Å²) in [6.07, 6.45) is 3.02. The second-order valence-corrected chi connectivity index (χ2v) is 6.27. The fraction of sp³-hybridized carbons (Fsp3) is 0.562. The minimum absolute atomic E-state index is 0.570. The van der Waals surface area contributed by atoms with Crippen molar-refractivity contribution >= 4 is 17.7 Å². The average Bonchev–Trinajstić information content (AvgIpc) is 2.50. The van der Waals surface area contributed by atoms with Crippen LogP contribution in [0.15, 0.2) is 23.2 Å². The van der Waals surface area contributed by atoms with Crippen LogP contribution in [0.1, 0.15) is 18.1 Å². The summed E-state index contributed by atoms with van der Waals surface area (Å²) in [6, 6.07) is 6.27. The highest BCUT2D eigenvalue weighted by molar-refractivity contribution is 7.99. The molecule has 1 aromatic rings. The van der Waals surface area contributed by atoms with Crippen LogP contribution in [0.2, 0.25) is 0 Å². The van der Waals surface area contributed by atoms with Gasteiger partial charge in [0.15, 0.2) is 5.96 Å². The molecule has 0 saturated heterocycles. The first kappa shape index (κ1) is 17.7. The molecular weight excluding hydrogens is 282 g/mol. The van der Waals surface area contributed by atoms with Crippen molar-refractivity contribution < 1.29 is 4.74 Å². The normalized spacial score (nSPS) is 12.9. The van der Waals surface area contributed by atoms with E-state index >= 15 is 0 Å². The molecule has 0 aromatic heterocycles. The quantitative estimate of drug-likeness (QED) is 0.600. The Morgan fingerprint density at radius 2 is 2.14 bits per heavy atom. The van der Waals surface area contributed by atoms with Crippen LogP contribution in [0.4, 0.5) is 0 Å². The fourth-order valence-corrected chi connectivity index (χ4v) is 2.21. The van der Waals surface area contributed by atoms with E-state index in [9.17, 15) is 0 Å². The molecule has 0 fully saturated rings. The zero-order valence-electron chi connectivity index (χ0n) is 13.7. The van der Waals surface area contributed by atoms with Crippen molar-refractivity contribution in [3.05, 3.63) is 29.3 Å². The molecule has 5 heteroatoms. The van der Waals surface area contributed by atoms with E-state index in [2.05, 4.69) is 47.9 Å². The first-order valence-corrected chi connectivity index (χ1v) is 8.50. The third-order valence-corrected chi connectivity index (χ3v) is 4.28. The number of nitrogens with one attached hydrogen (secondary N) is 2. The van der Waals surface area contributed by atoms with E-state index in [4.69, 9.17) is 4.74 Å². The number of guanidine groups is 1. The number of benzene rings is 1. The maximum Gasteiger partial charge on any atom is 0.191 e. The summed E-state index contributed by atoms with van der Waals surface area (Å²) in [5.74, 6) is 1.80. The van der Waals surface area contributed by atoms with Crippen LogP contribution in [0.3, 0.4) is 0 Å². The van der Waals surface area contributed by atoms with E-state index < -0.39 is 0 Å². The summed E-state index contributed by atoms with van der Waals surface area (Å²) >= 11 is 1.84. The molecule has 0 spiro atoms. The molecule has 0 aliphatic carbocycles. The third-order valence-electron chi connectivity index (χ3n) is 3.31. The van der Waals surface area contributed by atoms with Crippen LogP contribution in [0.25, 0.3) is 0 Å². The van der Waals surface area contributed by atoms with Crippen LogP contribution >= 0.6 is 11.8 Å². The summed E-state index contributed by atoms with van der Waals surface area (Å²) in [5.41, 5.74) is 2.47. The van der Waals surface area contributed by atoms with Crippen LogP contribution in [-0.4, -0.2) is 44.7 Å². The van der Waals surface area contributed by atoms with Gasteiger partial charge >= 0.3 is 0 Å². The number of ether oxygens (including phenoxy) is 1. The number of rotatable bonds is 7. The Morgan fingerprint density at radius 3 is 2.76 bits per heavy atom. The highest BCUT2D eigenvalue weighted by atomic mass is 32.2. The number of thioether (sulfide) groups is 1. The lowest BCUT2D eigenvalue weighted by atomic mass is 10.1. The molecule has 0 aliphatic heterocycles. The minimum atomic E-state index is 0.570. The second kappa shape index (κ2) is 9.55. The van der Waals surface area contributed by atoms with Crippen molar-refractivity contribution in [2.75, 3.05) is 33.5 Å². The van der Waals surface area contributed by atoms with Gasteiger partial charge in [0.1, 0.15) is 5.75 Å². The molecular formula is C16H27N3OS. The number of methoxy groups -OCH3 is 1. The van der Waals surface area contributed by atoms with Crippen LogP contribution in [0, 0.1) is 6.92 Å². The molecule has 1 rings (SSSR count). The Hall–Kier alpha value is -1.36. The molecule has 2 N–H and O–H groups in total. The number of nitrogens with zero attached hydrogens (tertiary/aromatic N) is 1. The van der Waals surface area contributed by atoms with Gasteiger partial charge in [-0.3, -0.25) is 4.99 Å². The van der Waals surface area contributed by atoms with Crippen LogP contribution in [0.5, 0.6) is 5.75 Å². The topological polar surface area (TPSA) is 45.7 Å². The molecule has 0 bridgehead atoms. The van der Waals surface area contributed by atoms with Gasteiger partial charge in [0.2, 0.25) is 0 Å². The van der Waals surface area contributed by atoms with Gasteiger partial charge in [-0.2, -0.15) is 11.8 Å². The van der Waals surface area contributed by atoms with Gasteiger partial charge in [0, 0.05) is 25.4 Å². The van der Waals surface area contributed by atoms with Gasteiger partial charge in [-0.15, -0.1) is 0 Å². The standard InChI is InChI=1S/C16H27N3OS/c1-12-6-7-15(20-4)14(10-12)8-9-18-16(17-3)19-11-13(2)21-5/h6-7,10,13H,8-9,11H2,1-5H3,(H2,17,18,19). The SMILES string of the molecule is CN=C(NCCc1cc(C)ccc1OC)NCC(C)SC. The van der Waals surface area contributed by atoms with Gasteiger partial charge < -0.3 is 15.4 Å². The highest BCUT2D eigenvalue weighted by Crippen LogP contribution is 2.19. The monoisotopic (exact) mass is 309 g/mol. The Kier molecular flexibility index (Phi) is 8.05. The molecule has 1 atom stereocenters. The van der Waals surface area contributed by atoms with E-state index in [0.717, 1.165) is 31.2 Å². The van der Waals surface area contributed by atoms with Crippen molar-refractivity contribution in [1.29, 1.82) is 0 Å². The summed E-state index contributed by atoms with van der Waals surface area (Å²) in [5, 5.41) is 7.25. The maximum atomic E-state index is 5.40. The number of aliphatic imine (C=N–C) groups is 1. The van der Waals surface area contributed by atoms with E-state index in [0.29, 0.717) is 5.25 Å². The van der Waals surface area contributed by atoms with Crippen molar-refractivity contribution in [3.63, 3.8) is 0 Å². The highest BCUT2D eigenvalue weighted by Gasteiger charge is 2.05. The summed E-state index contributed by atoms with van der Waals surface area (Å²) in [7, 11) is 3.51. The molecule has 1 unspecified atom stereocenters.